The average Bonchev–Trinajstić information content (AvgIpc) is 2.77. The highest BCUT2D eigenvalue weighted by molar-refractivity contribution is 6.31. The number of rotatable bonds is 6. The summed E-state index contributed by atoms with van der Waals surface area (Å²) >= 11 is 6.03. The minimum Gasteiger partial charge on any atom is -0.332 e. The van der Waals surface area contributed by atoms with Crippen LogP contribution >= 0.6 is 11.6 Å². The second-order valence-electron chi connectivity index (χ2n) is 7.06. The number of amides is 1. The average molecular weight is 418 g/mol. The van der Waals surface area contributed by atoms with E-state index in [-0.39, 0.29) is 18.0 Å². The number of hydrogen-bond donors (Lipinski definition) is 0. The summed E-state index contributed by atoms with van der Waals surface area (Å²) < 4.78 is 1.34. The fraction of sp³-hybridized carbons (Fsp3) is 0.125. The fourth-order valence-corrected chi connectivity index (χ4v) is 3.50. The van der Waals surface area contributed by atoms with Crippen molar-refractivity contribution in [3.8, 4) is 0 Å². The molecule has 5 nitrogen and oxygen atoms in total. The van der Waals surface area contributed by atoms with Crippen LogP contribution in [0.1, 0.15) is 11.1 Å². The Hall–Kier alpha value is -3.44. The Balaban J connectivity index is 1.62. The van der Waals surface area contributed by atoms with Crippen LogP contribution in [-0.2, 0) is 24.4 Å². The van der Waals surface area contributed by atoms with E-state index in [1.165, 1.54) is 10.9 Å². The van der Waals surface area contributed by atoms with Crippen LogP contribution in [-0.4, -0.2) is 20.4 Å². The number of fused-ring (bicyclic) bond motifs is 1. The molecule has 0 aliphatic carbocycles. The number of benzene rings is 3. The van der Waals surface area contributed by atoms with Gasteiger partial charge in [0.05, 0.1) is 17.2 Å². The van der Waals surface area contributed by atoms with E-state index in [4.69, 9.17) is 11.6 Å². The van der Waals surface area contributed by atoms with Gasteiger partial charge in [0.2, 0.25) is 5.91 Å². The number of carbonyl (C=O) groups excluding carboxylic acids is 1. The second-order valence-corrected chi connectivity index (χ2v) is 7.50. The zero-order valence-electron chi connectivity index (χ0n) is 16.2. The molecule has 0 N–H and O–H groups in total. The van der Waals surface area contributed by atoms with Gasteiger partial charge >= 0.3 is 0 Å². The van der Waals surface area contributed by atoms with Crippen LogP contribution in [0.5, 0.6) is 0 Å². The maximum absolute atomic E-state index is 13.2. The normalized spacial score (nSPS) is 10.8. The molecule has 0 spiro atoms. The lowest BCUT2D eigenvalue weighted by Crippen LogP contribution is -2.36. The lowest BCUT2D eigenvalue weighted by Gasteiger charge is -2.23. The summed E-state index contributed by atoms with van der Waals surface area (Å²) in [5, 5.41) is 0.857. The Morgan fingerprint density at radius 1 is 0.900 bits per heavy atom. The van der Waals surface area contributed by atoms with Gasteiger partial charge in [0, 0.05) is 18.1 Å². The molecule has 0 fully saturated rings. The van der Waals surface area contributed by atoms with Gasteiger partial charge in [0.15, 0.2) is 0 Å². The molecule has 1 amide bonds. The SMILES string of the molecule is O=C(Cn1cnc2ccc(Cl)cc2c1=O)N(Cc1ccccc1)Cc1ccccc1. The molecular weight excluding hydrogens is 398 g/mol. The number of nitrogens with zero attached hydrogens (tertiary/aromatic N) is 3. The minimum atomic E-state index is -0.282. The van der Waals surface area contributed by atoms with Gasteiger partial charge in [0.25, 0.3) is 5.56 Å². The smallest absolute Gasteiger partial charge is 0.261 e. The van der Waals surface area contributed by atoms with E-state index >= 15 is 0 Å². The first-order chi connectivity index (χ1) is 14.6. The summed E-state index contributed by atoms with van der Waals surface area (Å²) in [7, 11) is 0. The summed E-state index contributed by atoms with van der Waals surface area (Å²) in [5.74, 6) is -0.159. The molecule has 0 radical (unpaired) electrons. The topological polar surface area (TPSA) is 55.2 Å². The van der Waals surface area contributed by atoms with Crippen molar-refractivity contribution in [1.82, 2.24) is 14.5 Å². The first-order valence-electron chi connectivity index (χ1n) is 9.60. The first-order valence-corrected chi connectivity index (χ1v) is 9.98. The molecule has 0 bridgehead atoms. The zero-order chi connectivity index (χ0) is 20.9. The summed E-state index contributed by atoms with van der Waals surface area (Å²) in [6, 6.07) is 24.6. The lowest BCUT2D eigenvalue weighted by atomic mass is 10.1. The van der Waals surface area contributed by atoms with E-state index in [0.29, 0.717) is 29.0 Å². The number of hydrogen-bond acceptors (Lipinski definition) is 3. The third kappa shape index (κ3) is 4.58. The largest absolute Gasteiger partial charge is 0.332 e. The van der Waals surface area contributed by atoms with Crippen molar-refractivity contribution in [3.05, 3.63) is 112 Å². The van der Waals surface area contributed by atoms with Crippen LogP contribution in [0.2, 0.25) is 5.02 Å². The van der Waals surface area contributed by atoms with Crippen LogP contribution in [0.3, 0.4) is 0 Å². The molecule has 0 unspecified atom stereocenters. The van der Waals surface area contributed by atoms with Crippen molar-refractivity contribution >= 4 is 28.4 Å². The summed E-state index contributed by atoms with van der Waals surface area (Å²) in [5.41, 5.74) is 2.32. The molecule has 4 aromatic rings. The van der Waals surface area contributed by atoms with Gasteiger partial charge in [-0.25, -0.2) is 4.98 Å². The van der Waals surface area contributed by atoms with Crippen molar-refractivity contribution in [3.63, 3.8) is 0 Å². The van der Waals surface area contributed by atoms with Crippen LogP contribution in [0.4, 0.5) is 0 Å². The van der Waals surface area contributed by atoms with E-state index in [0.717, 1.165) is 11.1 Å². The van der Waals surface area contributed by atoms with Gasteiger partial charge in [-0.05, 0) is 29.3 Å². The summed E-state index contributed by atoms with van der Waals surface area (Å²) in [6.07, 6.45) is 1.42. The standard InChI is InChI=1S/C24H20ClN3O2/c25-20-11-12-22-21(13-20)24(30)28(17-26-22)16-23(29)27(14-18-7-3-1-4-8-18)15-19-9-5-2-6-10-19/h1-13,17H,14-16H2. The molecule has 4 rings (SSSR count). The third-order valence-electron chi connectivity index (χ3n) is 4.88. The van der Waals surface area contributed by atoms with Crippen LogP contribution in [0.25, 0.3) is 10.9 Å². The molecule has 1 heterocycles. The molecule has 0 saturated carbocycles. The second kappa shape index (κ2) is 8.93. The quantitative estimate of drug-likeness (QED) is 0.470. The number of halogens is 1. The molecule has 0 aliphatic heterocycles. The molecule has 0 atom stereocenters. The van der Waals surface area contributed by atoms with Gasteiger partial charge in [-0.1, -0.05) is 72.3 Å². The van der Waals surface area contributed by atoms with Crippen molar-refractivity contribution < 1.29 is 4.79 Å². The maximum Gasteiger partial charge on any atom is 0.261 e. The number of carbonyl (C=O) groups is 1. The lowest BCUT2D eigenvalue weighted by molar-refractivity contribution is -0.133. The van der Waals surface area contributed by atoms with E-state index in [2.05, 4.69) is 4.98 Å². The Morgan fingerprint density at radius 2 is 1.50 bits per heavy atom. The number of aromatic nitrogens is 2. The first kappa shape index (κ1) is 19.9. The van der Waals surface area contributed by atoms with E-state index < -0.39 is 0 Å². The van der Waals surface area contributed by atoms with Crippen molar-refractivity contribution in [2.75, 3.05) is 0 Å². The van der Waals surface area contributed by atoms with Gasteiger partial charge in [-0.3, -0.25) is 14.2 Å². The fourth-order valence-electron chi connectivity index (χ4n) is 3.33. The summed E-state index contributed by atoms with van der Waals surface area (Å²) in [4.78, 5) is 32.1. The van der Waals surface area contributed by atoms with Crippen molar-refractivity contribution in [1.29, 1.82) is 0 Å². The monoisotopic (exact) mass is 417 g/mol. The molecule has 0 aliphatic rings. The Labute approximate surface area is 179 Å². The third-order valence-corrected chi connectivity index (χ3v) is 5.11. The molecule has 6 heteroatoms. The molecule has 3 aromatic carbocycles. The van der Waals surface area contributed by atoms with Crippen molar-refractivity contribution in [2.45, 2.75) is 19.6 Å². The van der Waals surface area contributed by atoms with Crippen molar-refractivity contribution in [2.24, 2.45) is 0 Å². The highest BCUT2D eigenvalue weighted by Crippen LogP contribution is 2.15. The highest BCUT2D eigenvalue weighted by atomic mass is 35.5. The van der Waals surface area contributed by atoms with Crippen LogP contribution in [0.15, 0.2) is 90.0 Å². The predicted molar refractivity (Wildman–Crippen MR) is 118 cm³/mol. The Morgan fingerprint density at radius 3 is 2.10 bits per heavy atom. The van der Waals surface area contributed by atoms with Gasteiger partial charge in [0.1, 0.15) is 6.54 Å². The predicted octanol–water partition coefficient (Wildman–Crippen LogP) is 4.28. The Bertz CT molecular complexity index is 1180. The molecule has 150 valence electrons. The van der Waals surface area contributed by atoms with Crippen LogP contribution < -0.4 is 5.56 Å². The molecule has 30 heavy (non-hydrogen) atoms. The maximum atomic E-state index is 13.2. The minimum absolute atomic E-state index is 0.0893. The molecule has 0 saturated heterocycles. The molecule has 1 aromatic heterocycles. The van der Waals surface area contributed by atoms with Crippen LogP contribution in [0, 0.1) is 0 Å². The van der Waals surface area contributed by atoms with Gasteiger partial charge in [-0.2, -0.15) is 0 Å². The van der Waals surface area contributed by atoms with E-state index in [1.807, 2.05) is 60.7 Å². The molecular formula is C24H20ClN3O2. The van der Waals surface area contributed by atoms with Gasteiger partial charge in [-0.15, -0.1) is 0 Å². The van der Waals surface area contributed by atoms with E-state index in [9.17, 15) is 9.59 Å². The summed E-state index contributed by atoms with van der Waals surface area (Å²) in [6.45, 7) is 0.820. The van der Waals surface area contributed by atoms with E-state index in [1.54, 1.807) is 23.1 Å². The Kier molecular flexibility index (Phi) is 5.91. The highest BCUT2D eigenvalue weighted by Gasteiger charge is 2.17. The van der Waals surface area contributed by atoms with Gasteiger partial charge < -0.3 is 4.90 Å². The zero-order valence-corrected chi connectivity index (χ0v) is 17.0.